The fourth-order valence-electron chi connectivity index (χ4n) is 2.84. The molecule has 3 N–H and O–H groups in total. The van der Waals surface area contributed by atoms with Gasteiger partial charge in [0, 0.05) is 24.7 Å². The molecule has 0 saturated carbocycles. The number of carboxylic acids is 1. The molecule has 2 heterocycles. The van der Waals surface area contributed by atoms with Crippen LogP contribution in [-0.4, -0.2) is 29.6 Å². The van der Waals surface area contributed by atoms with Gasteiger partial charge in [-0.15, -0.1) is 0 Å². The van der Waals surface area contributed by atoms with Crippen molar-refractivity contribution in [2.75, 3.05) is 16.9 Å². The normalized spacial score (nSPS) is 25.2. The van der Waals surface area contributed by atoms with Crippen molar-refractivity contribution in [2.45, 2.75) is 32.2 Å². The lowest BCUT2D eigenvalue weighted by molar-refractivity contribution is -0.141. The number of fused-ring (bicyclic) bond motifs is 1. The lowest BCUT2D eigenvalue weighted by atomic mass is 10.0. The molecule has 0 aliphatic carbocycles. The number of aryl methyl sites for hydroxylation is 1. The van der Waals surface area contributed by atoms with Gasteiger partial charge in [0.05, 0.1) is 11.6 Å². The van der Waals surface area contributed by atoms with E-state index in [2.05, 4.69) is 17.8 Å². The molecule has 21 heavy (non-hydrogen) atoms. The van der Waals surface area contributed by atoms with E-state index in [9.17, 15) is 9.59 Å². The van der Waals surface area contributed by atoms with E-state index in [1.807, 2.05) is 18.2 Å². The van der Waals surface area contributed by atoms with Crippen molar-refractivity contribution in [3.8, 4) is 0 Å². The predicted octanol–water partition coefficient (Wildman–Crippen LogP) is 1.38. The third kappa shape index (κ3) is 2.71. The number of amides is 1. The molecule has 0 aromatic heterocycles. The van der Waals surface area contributed by atoms with Crippen LogP contribution in [0.4, 0.5) is 11.4 Å². The van der Waals surface area contributed by atoms with Crippen LogP contribution in [0, 0.1) is 5.92 Å². The summed E-state index contributed by atoms with van der Waals surface area (Å²) in [7, 11) is 0. The summed E-state index contributed by atoms with van der Waals surface area (Å²) in [6.45, 7) is 2.37. The Hall–Kier alpha value is -2.08. The Bertz CT molecular complexity index is 588. The van der Waals surface area contributed by atoms with E-state index in [-0.39, 0.29) is 18.9 Å². The highest BCUT2D eigenvalue weighted by atomic mass is 16.4. The van der Waals surface area contributed by atoms with Crippen molar-refractivity contribution in [2.24, 2.45) is 5.92 Å². The zero-order valence-electron chi connectivity index (χ0n) is 11.9. The summed E-state index contributed by atoms with van der Waals surface area (Å²) < 4.78 is 0. The molecule has 1 aromatic rings. The van der Waals surface area contributed by atoms with Crippen LogP contribution >= 0.6 is 0 Å². The minimum atomic E-state index is -0.902. The topological polar surface area (TPSA) is 81.7 Å². The maximum Gasteiger partial charge on any atom is 0.308 e. The minimum Gasteiger partial charge on any atom is -0.481 e. The fraction of sp³-hybridized carbons (Fsp3) is 0.467. The molecule has 1 saturated heterocycles. The van der Waals surface area contributed by atoms with Crippen LogP contribution in [0.1, 0.15) is 25.3 Å². The van der Waals surface area contributed by atoms with Gasteiger partial charge in [-0.05, 0) is 43.5 Å². The number of nitrogens with zero attached hydrogens (tertiary/aromatic N) is 1. The van der Waals surface area contributed by atoms with Crippen LogP contribution in [-0.2, 0) is 16.0 Å². The van der Waals surface area contributed by atoms with Crippen molar-refractivity contribution >= 4 is 23.3 Å². The largest absolute Gasteiger partial charge is 0.481 e. The van der Waals surface area contributed by atoms with Crippen LogP contribution < -0.4 is 15.8 Å². The Morgan fingerprint density at radius 1 is 1.43 bits per heavy atom. The lowest BCUT2D eigenvalue weighted by Crippen LogP contribution is -2.29. The van der Waals surface area contributed by atoms with E-state index in [1.54, 1.807) is 4.90 Å². The minimum absolute atomic E-state index is 0.0866. The van der Waals surface area contributed by atoms with Crippen LogP contribution in [0.2, 0.25) is 0 Å². The molecule has 0 bridgehead atoms. The molecule has 2 aliphatic rings. The molecule has 0 spiro atoms. The summed E-state index contributed by atoms with van der Waals surface area (Å²) >= 11 is 0. The van der Waals surface area contributed by atoms with Gasteiger partial charge >= 0.3 is 5.97 Å². The summed E-state index contributed by atoms with van der Waals surface area (Å²) in [5, 5.41) is 9.06. The maximum atomic E-state index is 12.0. The highest BCUT2D eigenvalue weighted by Crippen LogP contribution is 2.30. The molecule has 2 aliphatic heterocycles. The summed E-state index contributed by atoms with van der Waals surface area (Å²) in [5.41, 5.74) is 9.35. The molecule has 0 radical (unpaired) electrons. The van der Waals surface area contributed by atoms with Crippen molar-refractivity contribution < 1.29 is 14.7 Å². The van der Waals surface area contributed by atoms with Gasteiger partial charge in [0.2, 0.25) is 5.91 Å². The molecule has 1 aromatic carbocycles. The number of carbonyl (C=O) groups excluding carboxylic acids is 1. The van der Waals surface area contributed by atoms with Crippen LogP contribution in [0.3, 0.4) is 0 Å². The van der Waals surface area contributed by atoms with Crippen molar-refractivity contribution in [3.05, 3.63) is 23.8 Å². The Labute approximate surface area is 123 Å². The second-order valence-electron chi connectivity index (χ2n) is 5.79. The van der Waals surface area contributed by atoms with Crippen LogP contribution in [0.15, 0.2) is 18.2 Å². The first kappa shape index (κ1) is 13.9. The summed E-state index contributed by atoms with van der Waals surface area (Å²) in [5.74, 6) is -1.62. The fourth-order valence-corrected chi connectivity index (χ4v) is 2.84. The quantitative estimate of drug-likeness (QED) is 0.766. The standard InChI is InChI=1S/C15H19N3O3/c1-9-2-3-10-6-12(4-5-13(10)17-16-9)18-8-11(15(20)21)7-14(18)19/h4-6,9,11,16-17H,2-3,7-8H2,1H3,(H,20,21). The molecule has 2 atom stereocenters. The number of hydrazine groups is 1. The van der Waals surface area contributed by atoms with Gasteiger partial charge in [-0.3, -0.25) is 9.59 Å². The number of carboxylic acid groups (broad SMARTS) is 1. The van der Waals surface area contributed by atoms with E-state index in [1.165, 1.54) is 0 Å². The summed E-state index contributed by atoms with van der Waals surface area (Å²) in [6, 6.07) is 6.18. The maximum absolute atomic E-state index is 12.0. The zero-order chi connectivity index (χ0) is 15.0. The second-order valence-corrected chi connectivity index (χ2v) is 5.79. The van der Waals surface area contributed by atoms with Crippen molar-refractivity contribution in [3.63, 3.8) is 0 Å². The second kappa shape index (κ2) is 5.37. The molecular formula is C15H19N3O3. The smallest absolute Gasteiger partial charge is 0.308 e. The van der Waals surface area contributed by atoms with Crippen LogP contribution in [0.25, 0.3) is 0 Å². The zero-order valence-corrected chi connectivity index (χ0v) is 11.9. The third-order valence-electron chi connectivity index (χ3n) is 4.17. The molecule has 2 unspecified atom stereocenters. The van der Waals surface area contributed by atoms with E-state index in [4.69, 9.17) is 5.11 Å². The Kier molecular flexibility index (Phi) is 3.55. The van der Waals surface area contributed by atoms with Gasteiger partial charge in [-0.1, -0.05) is 0 Å². The molecule has 112 valence electrons. The van der Waals surface area contributed by atoms with E-state index >= 15 is 0 Å². The SMILES string of the molecule is CC1CCc2cc(N3CC(C(=O)O)CC3=O)ccc2NN1. The van der Waals surface area contributed by atoms with Crippen LogP contribution in [0.5, 0.6) is 0 Å². The van der Waals surface area contributed by atoms with E-state index in [0.717, 1.165) is 29.8 Å². The number of hydrogen-bond donors (Lipinski definition) is 3. The van der Waals surface area contributed by atoms with Crippen molar-refractivity contribution in [1.82, 2.24) is 5.43 Å². The van der Waals surface area contributed by atoms with Crippen molar-refractivity contribution in [1.29, 1.82) is 0 Å². The van der Waals surface area contributed by atoms with Gasteiger partial charge in [0.15, 0.2) is 0 Å². The Balaban J connectivity index is 1.84. The first-order valence-electron chi connectivity index (χ1n) is 7.22. The first-order chi connectivity index (χ1) is 10.0. The molecule has 1 fully saturated rings. The average molecular weight is 289 g/mol. The Morgan fingerprint density at radius 2 is 2.24 bits per heavy atom. The molecule has 6 nitrogen and oxygen atoms in total. The predicted molar refractivity (Wildman–Crippen MR) is 79.1 cm³/mol. The Morgan fingerprint density at radius 3 is 2.95 bits per heavy atom. The molecular weight excluding hydrogens is 270 g/mol. The van der Waals surface area contributed by atoms with Gasteiger partial charge in [0.1, 0.15) is 0 Å². The number of nitrogens with one attached hydrogen (secondary N) is 2. The highest BCUT2D eigenvalue weighted by molar-refractivity contribution is 5.99. The number of carbonyl (C=O) groups is 2. The average Bonchev–Trinajstić information content (AvgIpc) is 2.75. The van der Waals surface area contributed by atoms with Gasteiger partial charge in [-0.25, -0.2) is 5.43 Å². The number of hydrogen-bond acceptors (Lipinski definition) is 4. The third-order valence-corrected chi connectivity index (χ3v) is 4.17. The van der Waals surface area contributed by atoms with E-state index < -0.39 is 11.9 Å². The number of anilines is 2. The monoisotopic (exact) mass is 289 g/mol. The molecule has 6 heteroatoms. The number of benzene rings is 1. The van der Waals surface area contributed by atoms with Gasteiger partial charge in [0.25, 0.3) is 0 Å². The molecule has 1 amide bonds. The van der Waals surface area contributed by atoms with Gasteiger partial charge < -0.3 is 15.4 Å². The van der Waals surface area contributed by atoms with E-state index in [0.29, 0.717) is 6.04 Å². The summed E-state index contributed by atoms with van der Waals surface area (Å²) in [6.07, 6.45) is 2.02. The number of rotatable bonds is 2. The molecule has 3 rings (SSSR count). The first-order valence-corrected chi connectivity index (χ1v) is 7.22. The lowest BCUT2D eigenvalue weighted by Gasteiger charge is -2.18. The van der Waals surface area contributed by atoms with Gasteiger partial charge in [-0.2, -0.15) is 0 Å². The highest BCUT2D eigenvalue weighted by Gasteiger charge is 2.35. The summed E-state index contributed by atoms with van der Waals surface area (Å²) in [4.78, 5) is 24.6. The number of aliphatic carboxylic acids is 1.